The van der Waals surface area contributed by atoms with E-state index in [9.17, 15) is 19.8 Å². The Kier molecular flexibility index (Phi) is 7.60. The number of nitrogens with one attached hydrogen (secondary N) is 1. The highest BCUT2D eigenvalue weighted by molar-refractivity contribution is 6.05. The SMILES string of the molecule is CC[C@@H](C)[C@H](NC(=O)OC(C)(C)C)C(=O)c1c(C)c(O)n(OCc2ccccc2)c1O. The fourth-order valence-corrected chi connectivity index (χ4v) is 3.06. The number of rotatable bonds is 8. The smallest absolute Gasteiger partial charge is 0.408 e. The maximum Gasteiger partial charge on any atom is 0.408 e. The van der Waals surface area contributed by atoms with Gasteiger partial charge in [-0.3, -0.25) is 4.79 Å². The third-order valence-corrected chi connectivity index (χ3v) is 4.94. The second kappa shape index (κ2) is 9.76. The van der Waals surface area contributed by atoms with E-state index in [-0.39, 0.29) is 29.5 Å². The normalized spacial score (nSPS) is 13.4. The second-order valence-corrected chi connectivity index (χ2v) is 8.57. The molecule has 1 amide bonds. The first-order valence-electron chi connectivity index (χ1n) is 10.3. The van der Waals surface area contributed by atoms with Crippen molar-refractivity contribution in [2.24, 2.45) is 5.92 Å². The van der Waals surface area contributed by atoms with Gasteiger partial charge in [0.25, 0.3) is 0 Å². The first-order valence-corrected chi connectivity index (χ1v) is 10.3. The molecule has 0 aliphatic carbocycles. The maximum atomic E-state index is 13.3. The van der Waals surface area contributed by atoms with Crippen LogP contribution in [0.15, 0.2) is 30.3 Å². The van der Waals surface area contributed by atoms with Crippen molar-refractivity contribution < 1.29 is 29.4 Å². The van der Waals surface area contributed by atoms with E-state index in [0.29, 0.717) is 6.42 Å². The summed E-state index contributed by atoms with van der Waals surface area (Å²) in [7, 11) is 0. The molecule has 2 atom stereocenters. The molecular weight excluding hydrogens is 400 g/mol. The van der Waals surface area contributed by atoms with Crippen LogP contribution in [0.4, 0.5) is 4.79 Å². The number of amides is 1. The summed E-state index contributed by atoms with van der Waals surface area (Å²) in [5, 5.41) is 23.7. The zero-order valence-corrected chi connectivity index (χ0v) is 18.9. The molecule has 31 heavy (non-hydrogen) atoms. The molecule has 170 valence electrons. The minimum Gasteiger partial charge on any atom is -0.492 e. The lowest BCUT2D eigenvalue weighted by atomic mass is 9.91. The van der Waals surface area contributed by atoms with Crippen molar-refractivity contribution >= 4 is 11.9 Å². The molecule has 0 saturated heterocycles. The standard InChI is InChI=1S/C23H32N2O6/c1-7-14(2)18(24-22(29)31-23(4,5)6)19(26)17-15(3)20(27)25(21(17)28)30-13-16-11-9-8-10-12-16/h8-12,14,18,27-28H,7,13H2,1-6H3,(H,24,29)/t14-,18+/m1/s1. The van der Waals surface area contributed by atoms with Gasteiger partial charge in [0.2, 0.25) is 11.8 Å². The van der Waals surface area contributed by atoms with Gasteiger partial charge in [-0.2, -0.15) is 0 Å². The zero-order valence-electron chi connectivity index (χ0n) is 18.9. The monoisotopic (exact) mass is 432 g/mol. The minimum absolute atomic E-state index is 0.0780. The summed E-state index contributed by atoms with van der Waals surface area (Å²) in [5.41, 5.74) is 0.157. The summed E-state index contributed by atoms with van der Waals surface area (Å²) in [4.78, 5) is 31.1. The molecule has 2 aromatic rings. The van der Waals surface area contributed by atoms with Crippen LogP contribution in [0.25, 0.3) is 0 Å². The Bertz CT molecular complexity index is 914. The Morgan fingerprint density at radius 1 is 1.13 bits per heavy atom. The van der Waals surface area contributed by atoms with Gasteiger partial charge < -0.3 is 25.1 Å². The van der Waals surface area contributed by atoms with E-state index in [2.05, 4.69) is 5.32 Å². The third-order valence-electron chi connectivity index (χ3n) is 4.94. The predicted octanol–water partition coefficient (Wildman–Crippen LogP) is 3.96. The quantitative estimate of drug-likeness (QED) is 0.545. The fourth-order valence-electron chi connectivity index (χ4n) is 3.06. The molecule has 1 aromatic heterocycles. The average Bonchev–Trinajstić information content (AvgIpc) is 2.91. The molecule has 0 spiro atoms. The number of aromatic nitrogens is 1. The molecular formula is C23H32N2O6. The number of nitrogens with zero attached hydrogens (tertiary/aromatic N) is 1. The van der Waals surface area contributed by atoms with Crippen LogP contribution in [0.5, 0.6) is 11.8 Å². The summed E-state index contributed by atoms with van der Waals surface area (Å²) in [6.07, 6.45) is -0.129. The molecule has 3 N–H and O–H groups in total. The number of Topliss-reactive ketones (excluding diaryl/α,β-unsaturated/α-hetero) is 1. The lowest BCUT2D eigenvalue weighted by Crippen LogP contribution is -2.47. The first kappa shape index (κ1) is 24.1. The lowest BCUT2D eigenvalue weighted by Gasteiger charge is -2.26. The van der Waals surface area contributed by atoms with Crippen molar-refractivity contribution in [3.05, 3.63) is 47.0 Å². The van der Waals surface area contributed by atoms with Crippen LogP contribution in [0.2, 0.25) is 0 Å². The highest BCUT2D eigenvalue weighted by Crippen LogP contribution is 2.34. The molecule has 0 aliphatic heterocycles. The number of aromatic hydroxyl groups is 2. The van der Waals surface area contributed by atoms with Crippen LogP contribution in [-0.2, 0) is 11.3 Å². The van der Waals surface area contributed by atoms with Crippen LogP contribution in [0.3, 0.4) is 0 Å². The fraction of sp³-hybridized carbons (Fsp3) is 0.478. The molecule has 1 aromatic carbocycles. The van der Waals surface area contributed by atoms with Crippen molar-refractivity contribution in [3.8, 4) is 11.8 Å². The molecule has 0 radical (unpaired) electrons. The van der Waals surface area contributed by atoms with Crippen molar-refractivity contribution in [2.75, 3.05) is 0 Å². The predicted molar refractivity (Wildman–Crippen MR) is 116 cm³/mol. The van der Waals surface area contributed by atoms with Gasteiger partial charge in [0.15, 0.2) is 5.78 Å². The van der Waals surface area contributed by atoms with Gasteiger partial charge in [-0.25, -0.2) is 4.79 Å². The Hall–Kier alpha value is -3.16. The molecule has 8 nitrogen and oxygen atoms in total. The maximum absolute atomic E-state index is 13.3. The Balaban J connectivity index is 2.31. The van der Waals surface area contributed by atoms with Gasteiger partial charge in [-0.15, -0.1) is 4.73 Å². The van der Waals surface area contributed by atoms with Gasteiger partial charge in [0, 0.05) is 5.56 Å². The minimum atomic E-state index is -0.950. The number of benzene rings is 1. The molecule has 0 aliphatic rings. The van der Waals surface area contributed by atoms with Gasteiger partial charge in [-0.1, -0.05) is 50.6 Å². The summed E-state index contributed by atoms with van der Waals surface area (Å²) >= 11 is 0. The Morgan fingerprint density at radius 3 is 2.29 bits per heavy atom. The van der Waals surface area contributed by atoms with E-state index >= 15 is 0 Å². The highest BCUT2D eigenvalue weighted by atomic mass is 16.7. The van der Waals surface area contributed by atoms with E-state index < -0.39 is 29.4 Å². The third kappa shape index (κ3) is 5.93. The Labute approximate surface area is 182 Å². The van der Waals surface area contributed by atoms with Gasteiger partial charge in [-0.05, 0) is 39.2 Å². The molecule has 0 fully saturated rings. The summed E-state index contributed by atoms with van der Waals surface area (Å²) in [5.74, 6) is -1.67. The van der Waals surface area contributed by atoms with E-state index in [4.69, 9.17) is 9.57 Å². The molecule has 1 heterocycles. The van der Waals surface area contributed by atoms with Crippen molar-refractivity contribution in [1.82, 2.24) is 10.0 Å². The van der Waals surface area contributed by atoms with E-state index in [1.165, 1.54) is 6.92 Å². The number of ether oxygens (including phenoxy) is 1. The summed E-state index contributed by atoms with van der Waals surface area (Å²) in [6.45, 7) is 10.5. The molecule has 0 saturated carbocycles. The van der Waals surface area contributed by atoms with Crippen LogP contribution in [0, 0.1) is 12.8 Å². The van der Waals surface area contributed by atoms with Crippen molar-refractivity contribution in [2.45, 2.75) is 66.2 Å². The summed E-state index contributed by atoms with van der Waals surface area (Å²) in [6, 6.07) is 8.26. The van der Waals surface area contributed by atoms with Gasteiger partial charge >= 0.3 is 6.09 Å². The molecule has 0 unspecified atom stereocenters. The van der Waals surface area contributed by atoms with E-state index in [1.807, 2.05) is 44.2 Å². The molecule has 8 heteroatoms. The van der Waals surface area contributed by atoms with Crippen LogP contribution < -0.4 is 10.2 Å². The lowest BCUT2D eigenvalue weighted by molar-refractivity contribution is 0.0469. The number of ketones is 1. The second-order valence-electron chi connectivity index (χ2n) is 8.57. The van der Waals surface area contributed by atoms with Gasteiger partial charge in [0.05, 0.1) is 11.6 Å². The number of hydrogen-bond acceptors (Lipinski definition) is 6. The van der Waals surface area contributed by atoms with Crippen LogP contribution >= 0.6 is 0 Å². The van der Waals surface area contributed by atoms with Crippen molar-refractivity contribution in [1.29, 1.82) is 0 Å². The summed E-state index contributed by atoms with van der Waals surface area (Å²) < 4.78 is 6.11. The number of carbonyl (C=O) groups excluding carboxylic acids is 2. The molecule has 0 bridgehead atoms. The average molecular weight is 433 g/mol. The Morgan fingerprint density at radius 2 is 1.74 bits per heavy atom. The van der Waals surface area contributed by atoms with E-state index in [0.717, 1.165) is 10.3 Å². The first-order chi connectivity index (χ1) is 14.5. The number of carbonyl (C=O) groups is 2. The topological polar surface area (TPSA) is 110 Å². The van der Waals surface area contributed by atoms with Crippen molar-refractivity contribution in [3.63, 3.8) is 0 Å². The largest absolute Gasteiger partial charge is 0.492 e. The van der Waals surface area contributed by atoms with Crippen LogP contribution in [0.1, 0.15) is 62.5 Å². The zero-order chi connectivity index (χ0) is 23.3. The van der Waals surface area contributed by atoms with E-state index in [1.54, 1.807) is 20.8 Å². The van der Waals surface area contributed by atoms with Gasteiger partial charge in [0.1, 0.15) is 12.2 Å². The highest BCUT2D eigenvalue weighted by Gasteiger charge is 2.35. The van der Waals surface area contributed by atoms with Crippen LogP contribution in [-0.4, -0.2) is 38.5 Å². The molecule has 2 rings (SSSR count). The number of hydrogen-bond donors (Lipinski definition) is 3. The number of alkyl carbamates (subject to hydrolysis) is 1.